The molecule has 1 saturated heterocycles. The van der Waals surface area contributed by atoms with E-state index in [4.69, 9.17) is 16.3 Å². The van der Waals surface area contributed by atoms with Crippen LogP contribution in [0.25, 0.3) is 21.3 Å². The van der Waals surface area contributed by atoms with E-state index in [-0.39, 0.29) is 16.3 Å². The highest BCUT2D eigenvalue weighted by Crippen LogP contribution is 2.39. The van der Waals surface area contributed by atoms with E-state index < -0.39 is 4.92 Å². The number of piperidine rings is 1. The third kappa shape index (κ3) is 4.14. The van der Waals surface area contributed by atoms with Crippen LogP contribution in [0, 0.1) is 10.1 Å². The van der Waals surface area contributed by atoms with Crippen molar-refractivity contribution < 1.29 is 9.66 Å². The first-order valence-electron chi connectivity index (χ1n) is 9.48. The SMILES string of the molecule is O=c1[nH]c2cc(Cl)c([N+](=O)[O-])cc2c(OCCC2CCCCN2)c1-c1cccs1. The average molecular weight is 434 g/mol. The lowest BCUT2D eigenvalue weighted by atomic mass is 10.0. The summed E-state index contributed by atoms with van der Waals surface area (Å²) in [5.74, 6) is 0.363. The number of halogens is 1. The molecular weight excluding hydrogens is 414 g/mol. The molecule has 0 aliphatic carbocycles. The van der Waals surface area contributed by atoms with E-state index in [9.17, 15) is 14.9 Å². The van der Waals surface area contributed by atoms with Crippen molar-refractivity contribution >= 4 is 39.5 Å². The number of benzene rings is 1. The second kappa shape index (κ2) is 8.52. The van der Waals surface area contributed by atoms with Crippen LogP contribution in [0.1, 0.15) is 25.7 Å². The summed E-state index contributed by atoms with van der Waals surface area (Å²) in [7, 11) is 0. The maximum atomic E-state index is 12.8. The number of nitro groups is 1. The Labute approximate surface area is 175 Å². The Balaban J connectivity index is 1.78. The fourth-order valence-corrected chi connectivity index (χ4v) is 4.68. The zero-order valence-corrected chi connectivity index (χ0v) is 17.1. The van der Waals surface area contributed by atoms with Crippen molar-refractivity contribution in [1.29, 1.82) is 0 Å². The molecule has 1 atom stereocenters. The van der Waals surface area contributed by atoms with Crippen molar-refractivity contribution in [3.63, 3.8) is 0 Å². The Morgan fingerprint density at radius 3 is 2.90 bits per heavy atom. The minimum Gasteiger partial charge on any atom is -0.492 e. The van der Waals surface area contributed by atoms with Gasteiger partial charge in [0.05, 0.1) is 22.6 Å². The van der Waals surface area contributed by atoms with Crippen molar-refractivity contribution in [3.8, 4) is 16.2 Å². The Morgan fingerprint density at radius 1 is 1.34 bits per heavy atom. The minimum absolute atomic E-state index is 0.0284. The van der Waals surface area contributed by atoms with Crippen LogP contribution in [0.5, 0.6) is 5.75 Å². The molecule has 3 heterocycles. The molecule has 2 N–H and O–H groups in total. The molecule has 0 spiro atoms. The van der Waals surface area contributed by atoms with Gasteiger partial charge in [-0.15, -0.1) is 11.3 Å². The second-order valence-corrected chi connectivity index (χ2v) is 8.38. The van der Waals surface area contributed by atoms with Crippen LogP contribution >= 0.6 is 22.9 Å². The van der Waals surface area contributed by atoms with Gasteiger partial charge in [-0.2, -0.15) is 0 Å². The number of ether oxygens (including phenoxy) is 1. The molecule has 0 amide bonds. The quantitative estimate of drug-likeness (QED) is 0.432. The zero-order chi connectivity index (χ0) is 20.4. The number of aromatic amines is 1. The van der Waals surface area contributed by atoms with Gasteiger partial charge in [0.25, 0.3) is 11.2 Å². The van der Waals surface area contributed by atoms with Crippen LogP contribution in [0.3, 0.4) is 0 Å². The van der Waals surface area contributed by atoms with Crippen LogP contribution in [0.15, 0.2) is 34.4 Å². The molecule has 1 aromatic carbocycles. The molecule has 4 rings (SSSR count). The van der Waals surface area contributed by atoms with Crippen LogP contribution in [0.4, 0.5) is 5.69 Å². The third-order valence-electron chi connectivity index (χ3n) is 5.12. The standard InChI is InChI=1S/C20H20ClN3O4S/c21-14-11-15-13(10-16(14)24(26)27)19(28-8-6-12-4-1-2-7-22-12)18(20(25)23-15)17-5-3-9-29-17/h3,5,9-12,22H,1-2,4,6-8H2,(H,23,25). The number of nitro benzene ring substituents is 1. The number of fused-ring (bicyclic) bond motifs is 1. The highest BCUT2D eigenvalue weighted by atomic mass is 35.5. The lowest BCUT2D eigenvalue weighted by molar-refractivity contribution is -0.384. The van der Waals surface area contributed by atoms with Crippen molar-refractivity contribution in [2.75, 3.05) is 13.2 Å². The van der Waals surface area contributed by atoms with Gasteiger partial charge in [-0.05, 0) is 43.3 Å². The number of aromatic nitrogens is 1. The Bertz CT molecular complexity index is 1090. The summed E-state index contributed by atoms with van der Waals surface area (Å²) in [5, 5.41) is 17.2. The summed E-state index contributed by atoms with van der Waals surface area (Å²) in [6.45, 7) is 1.41. The fraction of sp³-hybridized carbons (Fsp3) is 0.350. The van der Waals surface area contributed by atoms with Gasteiger partial charge in [-0.3, -0.25) is 14.9 Å². The first-order valence-corrected chi connectivity index (χ1v) is 10.7. The van der Waals surface area contributed by atoms with Gasteiger partial charge < -0.3 is 15.0 Å². The number of nitrogens with zero attached hydrogens (tertiary/aromatic N) is 1. The van der Waals surface area contributed by atoms with Crippen LogP contribution < -0.4 is 15.6 Å². The first-order chi connectivity index (χ1) is 14.0. The number of hydrogen-bond acceptors (Lipinski definition) is 6. The molecule has 7 nitrogen and oxygen atoms in total. The molecule has 1 fully saturated rings. The average Bonchev–Trinajstić information content (AvgIpc) is 3.22. The smallest absolute Gasteiger partial charge is 0.288 e. The van der Waals surface area contributed by atoms with Gasteiger partial charge in [0.2, 0.25) is 0 Å². The van der Waals surface area contributed by atoms with Crippen molar-refractivity contribution in [2.45, 2.75) is 31.7 Å². The summed E-state index contributed by atoms with van der Waals surface area (Å²) in [5.41, 5.74) is 0.273. The van der Waals surface area contributed by atoms with Crippen molar-refractivity contribution in [3.05, 3.63) is 55.1 Å². The van der Waals surface area contributed by atoms with E-state index in [1.165, 1.54) is 36.3 Å². The number of rotatable bonds is 6. The van der Waals surface area contributed by atoms with E-state index in [0.717, 1.165) is 24.3 Å². The van der Waals surface area contributed by atoms with E-state index in [2.05, 4.69) is 10.3 Å². The molecule has 3 aromatic rings. The topological polar surface area (TPSA) is 97.3 Å². The largest absolute Gasteiger partial charge is 0.492 e. The number of pyridine rings is 1. The minimum atomic E-state index is -0.534. The van der Waals surface area contributed by atoms with Gasteiger partial charge in [-0.25, -0.2) is 0 Å². The van der Waals surface area contributed by atoms with Crippen LogP contribution in [-0.2, 0) is 0 Å². The number of thiophene rings is 1. The van der Waals surface area contributed by atoms with Crippen LogP contribution in [0.2, 0.25) is 5.02 Å². The summed E-state index contributed by atoms with van der Waals surface area (Å²) in [6, 6.07) is 6.85. The Hall–Kier alpha value is -2.42. The molecule has 0 bridgehead atoms. The summed E-state index contributed by atoms with van der Waals surface area (Å²) >= 11 is 7.45. The van der Waals surface area contributed by atoms with Crippen LogP contribution in [-0.4, -0.2) is 29.1 Å². The van der Waals surface area contributed by atoms with E-state index >= 15 is 0 Å². The monoisotopic (exact) mass is 433 g/mol. The summed E-state index contributed by atoms with van der Waals surface area (Å²) in [6.07, 6.45) is 4.27. The fourth-order valence-electron chi connectivity index (χ4n) is 3.68. The Kier molecular flexibility index (Phi) is 5.84. The molecule has 1 unspecified atom stereocenters. The lowest BCUT2D eigenvalue weighted by Crippen LogP contribution is -2.35. The number of H-pyrrole nitrogens is 1. The molecule has 1 aliphatic rings. The third-order valence-corrected chi connectivity index (χ3v) is 6.31. The van der Waals surface area contributed by atoms with Gasteiger partial charge in [0.15, 0.2) is 0 Å². The molecule has 1 aliphatic heterocycles. The molecule has 2 aromatic heterocycles. The summed E-state index contributed by atoms with van der Waals surface area (Å²) < 4.78 is 6.11. The van der Waals surface area contributed by atoms with E-state index in [0.29, 0.717) is 34.9 Å². The molecule has 0 radical (unpaired) electrons. The van der Waals surface area contributed by atoms with Crippen molar-refractivity contribution in [1.82, 2.24) is 10.3 Å². The highest BCUT2D eigenvalue weighted by molar-refractivity contribution is 7.13. The maximum Gasteiger partial charge on any atom is 0.288 e. The normalized spacial score (nSPS) is 16.8. The van der Waals surface area contributed by atoms with Crippen molar-refractivity contribution in [2.24, 2.45) is 0 Å². The number of nitrogens with one attached hydrogen (secondary N) is 2. The predicted molar refractivity (Wildman–Crippen MR) is 115 cm³/mol. The highest BCUT2D eigenvalue weighted by Gasteiger charge is 2.22. The first kappa shape index (κ1) is 19.9. The maximum absolute atomic E-state index is 12.8. The lowest BCUT2D eigenvalue weighted by Gasteiger charge is -2.23. The molecule has 29 heavy (non-hydrogen) atoms. The molecule has 0 saturated carbocycles. The molecule has 9 heteroatoms. The summed E-state index contributed by atoms with van der Waals surface area (Å²) in [4.78, 5) is 27.2. The van der Waals surface area contributed by atoms with E-state index in [1.807, 2.05) is 17.5 Å². The van der Waals surface area contributed by atoms with Gasteiger partial charge >= 0.3 is 0 Å². The molecular formula is C20H20ClN3O4S. The molecule has 152 valence electrons. The Morgan fingerprint density at radius 2 is 2.21 bits per heavy atom. The van der Waals surface area contributed by atoms with Gasteiger partial charge in [-0.1, -0.05) is 24.1 Å². The van der Waals surface area contributed by atoms with E-state index in [1.54, 1.807) is 0 Å². The van der Waals surface area contributed by atoms with Gasteiger partial charge in [0, 0.05) is 22.4 Å². The zero-order valence-electron chi connectivity index (χ0n) is 15.6. The number of hydrogen-bond donors (Lipinski definition) is 2. The second-order valence-electron chi connectivity index (χ2n) is 7.03. The van der Waals surface area contributed by atoms with Gasteiger partial charge in [0.1, 0.15) is 10.8 Å². The predicted octanol–water partition coefficient (Wildman–Crippen LogP) is 4.73.